The largest absolute Gasteiger partial charge is 0.505 e. The standard InChI is InChI=1S/C34H38N8O5/c1-2-42(20-22-47-34(44)45)19-6-21-46-28-15-11-25(12-16-28)30-40-29-31(36-23-37-32(29)41-30)35-18-17-24-9-13-27(14-10-24)39-33(43)38-26-7-4-3-5-8-26/h3-5,7-16,23H,2,6,17-22H2,1H3,(H,44,45)(H2,38,39,43)(H2,35,36,37,40,41). The van der Waals surface area contributed by atoms with Crippen molar-refractivity contribution >= 4 is 40.5 Å². The second kappa shape index (κ2) is 16.6. The highest BCUT2D eigenvalue weighted by atomic mass is 16.7. The summed E-state index contributed by atoms with van der Waals surface area (Å²) < 4.78 is 10.5. The zero-order valence-corrected chi connectivity index (χ0v) is 26.1. The normalized spacial score (nSPS) is 10.9. The Kier molecular flexibility index (Phi) is 11.5. The Morgan fingerprint density at radius 3 is 2.36 bits per heavy atom. The Hall–Kier alpha value is -5.69. The van der Waals surface area contributed by atoms with Crippen LogP contribution < -0.4 is 20.7 Å². The van der Waals surface area contributed by atoms with Crippen LogP contribution in [0.15, 0.2) is 85.2 Å². The van der Waals surface area contributed by atoms with Gasteiger partial charge in [-0.25, -0.2) is 24.5 Å². The number of hydrogen-bond acceptors (Lipinski definition) is 9. The summed E-state index contributed by atoms with van der Waals surface area (Å²) in [5, 5.41) is 17.6. The third-order valence-corrected chi connectivity index (χ3v) is 7.33. The Morgan fingerprint density at radius 1 is 0.894 bits per heavy atom. The first-order valence-electron chi connectivity index (χ1n) is 15.4. The maximum atomic E-state index is 12.3. The molecule has 0 aliphatic heterocycles. The predicted molar refractivity (Wildman–Crippen MR) is 181 cm³/mol. The lowest BCUT2D eigenvalue weighted by Crippen LogP contribution is -2.29. The van der Waals surface area contributed by atoms with Crippen molar-refractivity contribution in [1.29, 1.82) is 0 Å². The molecule has 47 heavy (non-hydrogen) atoms. The lowest BCUT2D eigenvalue weighted by atomic mass is 10.1. The van der Waals surface area contributed by atoms with Gasteiger partial charge in [-0.15, -0.1) is 0 Å². The van der Waals surface area contributed by atoms with Gasteiger partial charge in [0.15, 0.2) is 11.5 Å². The summed E-state index contributed by atoms with van der Waals surface area (Å²) in [5.74, 6) is 2.10. The number of urea groups is 1. The van der Waals surface area contributed by atoms with E-state index in [1.165, 1.54) is 6.33 Å². The molecule has 13 heteroatoms. The number of rotatable bonds is 16. The minimum atomic E-state index is -1.25. The number of carboxylic acid groups (broad SMARTS) is 1. The van der Waals surface area contributed by atoms with E-state index in [0.717, 1.165) is 54.0 Å². The molecule has 5 aromatic rings. The highest BCUT2D eigenvalue weighted by molar-refractivity contribution is 5.99. The molecular weight excluding hydrogens is 600 g/mol. The molecule has 0 saturated carbocycles. The molecule has 244 valence electrons. The third kappa shape index (κ3) is 9.90. The van der Waals surface area contributed by atoms with Gasteiger partial charge in [0.25, 0.3) is 0 Å². The van der Waals surface area contributed by atoms with E-state index in [2.05, 4.69) is 45.5 Å². The number of fused-ring (bicyclic) bond motifs is 1. The molecule has 5 rings (SSSR count). The SMILES string of the molecule is CCN(CCCOc1ccc(-c2nc3ncnc(NCCc4ccc(NC(=O)Nc5ccccc5)cc4)c3[nH]2)cc1)CCOC(=O)O. The number of likely N-dealkylation sites (N-methyl/N-ethyl adjacent to an activating group) is 1. The van der Waals surface area contributed by atoms with Crippen LogP contribution in [0.4, 0.5) is 26.8 Å². The zero-order chi connectivity index (χ0) is 32.8. The van der Waals surface area contributed by atoms with E-state index < -0.39 is 6.16 Å². The monoisotopic (exact) mass is 638 g/mol. The average Bonchev–Trinajstić information content (AvgIpc) is 3.53. The molecule has 0 aliphatic carbocycles. The van der Waals surface area contributed by atoms with E-state index >= 15 is 0 Å². The predicted octanol–water partition coefficient (Wildman–Crippen LogP) is 6.10. The molecule has 0 spiro atoms. The Bertz CT molecular complexity index is 1730. The van der Waals surface area contributed by atoms with Gasteiger partial charge < -0.3 is 40.4 Å². The van der Waals surface area contributed by atoms with Crippen molar-refractivity contribution in [2.45, 2.75) is 19.8 Å². The van der Waals surface area contributed by atoms with Crippen LogP contribution in [0.2, 0.25) is 0 Å². The summed E-state index contributed by atoms with van der Waals surface area (Å²) in [5.41, 5.74) is 4.72. The molecule has 0 unspecified atom stereocenters. The summed E-state index contributed by atoms with van der Waals surface area (Å²) in [4.78, 5) is 41.7. The number of H-pyrrole nitrogens is 1. The topological polar surface area (TPSA) is 167 Å². The summed E-state index contributed by atoms with van der Waals surface area (Å²) in [6.07, 6.45) is 1.79. The molecule has 0 fully saturated rings. The van der Waals surface area contributed by atoms with Crippen molar-refractivity contribution in [2.24, 2.45) is 0 Å². The Morgan fingerprint density at radius 2 is 1.64 bits per heavy atom. The third-order valence-electron chi connectivity index (χ3n) is 7.33. The van der Waals surface area contributed by atoms with Crippen LogP contribution in [-0.2, 0) is 11.2 Å². The molecule has 0 atom stereocenters. The number of carbonyl (C=O) groups excluding carboxylic acids is 1. The van der Waals surface area contributed by atoms with Gasteiger partial charge in [0, 0.05) is 36.6 Å². The Labute approximate surface area is 272 Å². The number of nitrogens with zero attached hydrogens (tertiary/aromatic N) is 4. The summed E-state index contributed by atoms with van der Waals surface area (Å²) in [7, 11) is 0. The van der Waals surface area contributed by atoms with E-state index in [-0.39, 0.29) is 12.6 Å². The lowest BCUT2D eigenvalue weighted by Gasteiger charge is -2.19. The van der Waals surface area contributed by atoms with E-state index in [9.17, 15) is 9.59 Å². The number of carbonyl (C=O) groups is 2. The Balaban J connectivity index is 1.08. The summed E-state index contributed by atoms with van der Waals surface area (Å²) in [6.45, 7) is 5.51. The van der Waals surface area contributed by atoms with E-state index in [0.29, 0.717) is 42.7 Å². The fraction of sp³-hybridized carbons (Fsp3) is 0.265. The number of para-hydroxylation sites is 1. The second-order valence-electron chi connectivity index (χ2n) is 10.6. The number of benzene rings is 3. The molecule has 2 aromatic heterocycles. The molecule has 3 aromatic carbocycles. The first-order chi connectivity index (χ1) is 23.0. The van der Waals surface area contributed by atoms with Gasteiger partial charge in [0.1, 0.15) is 30.0 Å². The van der Waals surface area contributed by atoms with Crippen molar-refractivity contribution < 1.29 is 24.2 Å². The van der Waals surface area contributed by atoms with Gasteiger partial charge in [-0.1, -0.05) is 37.3 Å². The van der Waals surface area contributed by atoms with Gasteiger partial charge >= 0.3 is 12.2 Å². The minimum Gasteiger partial charge on any atom is -0.494 e. The number of hydrogen-bond donors (Lipinski definition) is 5. The first kappa shape index (κ1) is 32.7. The quantitative estimate of drug-likeness (QED) is 0.0629. The van der Waals surface area contributed by atoms with Crippen molar-refractivity contribution in [3.05, 3.63) is 90.8 Å². The van der Waals surface area contributed by atoms with Crippen LogP contribution in [-0.4, -0.2) is 81.5 Å². The van der Waals surface area contributed by atoms with Crippen molar-refractivity contribution in [3.8, 4) is 17.1 Å². The fourth-order valence-corrected chi connectivity index (χ4v) is 4.87. The molecular formula is C34H38N8O5. The molecule has 13 nitrogen and oxygen atoms in total. The van der Waals surface area contributed by atoms with Crippen LogP contribution in [0, 0.1) is 0 Å². The van der Waals surface area contributed by atoms with Crippen LogP contribution in [0.1, 0.15) is 18.9 Å². The van der Waals surface area contributed by atoms with Crippen molar-refractivity contribution in [2.75, 3.05) is 55.3 Å². The number of aromatic nitrogens is 4. The first-order valence-corrected chi connectivity index (χ1v) is 15.4. The molecule has 0 aliphatic rings. The molecule has 0 saturated heterocycles. The maximum absolute atomic E-state index is 12.3. The van der Waals surface area contributed by atoms with Crippen molar-refractivity contribution in [1.82, 2.24) is 24.8 Å². The second-order valence-corrected chi connectivity index (χ2v) is 10.6. The number of nitrogens with one attached hydrogen (secondary N) is 4. The summed E-state index contributed by atoms with van der Waals surface area (Å²) >= 11 is 0. The van der Waals surface area contributed by atoms with Gasteiger partial charge in [-0.2, -0.15) is 0 Å². The smallest absolute Gasteiger partial charge is 0.494 e. The zero-order valence-electron chi connectivity index (χ0n) is 26.1. The lowest BCUT2D eigenvalue weighted by molar-refractivity contribution is 0.0801. The minimum absolute atomic E-state index is 0.155. The van der Waals surface area contributed by atoms with E-state index in [4.69, 9.17) is 9.84 Å². The van der Waals surface area contributed by atoms with Gasteiger partial charge in [-0.3, -0.25) is 0 Å². The number of amides is 2. The average molecular weight is 639 g/mol. The van der Waals surface area contributed by atoms with Crippen molar-refractivity contribution in [3.63, 3.8) is 0 Å². The summed E-state index contributed by atoms with van der Waals surface area (Å²) in [6, 6.07) is 24.4. The van der Waals surface area contributed by atoms with Crippen LogP contribution in [0.3, 0.4) is 0 Å². The molecule has 0 radical (unpaired) electrons. The van der Waals surface area contributed by atoms with E-state index in [1.54, 1.807) is 0 Å². The molecule has 2 heterocycles. The number of ether oxygens (including phenoxy) is 2. The number of imidazole rings is 1. The number of anilines is 3. The van der Waals surface area contributed by atoms with Gasteiger partial charge in [0.2, 0.25) is 0 Å². The van der Waals surface area contributed by atoms with Crippen LogP contribution in [0.5, 0.6) is 5.75 Å². The fourth-order valence-electron chi connectivity index (χ4n) is 4.87. The highest BCUT2D eigenvalue weighted by Crippen LogP contribution is 2.25. The van der Waals surface area contributed by atoms with E-state index in [1.807, 2.05) is 85.8 Å². The van der Waals surface area contributed by atoms with Gasteiger partial charge in [-0.05, 0) is 73.5 Å². The van der Waals surface area contributed by atoms with Crippen LogP contribution in [0.25, 0.3) is 22.6 Å². The molecule has 5 N–H and O–H groups in total. The molecule has 2 amide bonds. The maximum Gasteiger partial charge on any atom is 0.505 e. The van der Waals surface area contributed by atoms with Gasteiger partial charge in [0.05, 0.1) is 6.61 Å². The number of aromatic amines is 1. The van der Waals surface area contributed by atoms with Crippen LogP contribution >= 0.6 is 0 Å². The highest BCUT2D eigenvalue weighted by Gasteiger charge is 2.12. The molecule has 0 bridgehead atoms.